The molecule has 114 valence electrons. The molecule has 0 saturated heterocycles. The van der Waals surface area contributed by atoms with Crippen molar-refractivity contribution in [3.05, 3.63) is 63.6 Å². The third-order valence-corrected chi connectivity index (χ3v) is 3.71. The molecule has 0 unspecified atom stereocenters. The van der Waals surface area contributed by atoms with E-state index in [2.05, 4.69) is 15.8 Å². The standard InChI is InChI=1S/C16H15Cl2N3O/c1-11-5-7-13(8-6-11)19-10-15(22)21-20-9-12-3-2-4-14(17)16(12)18/h2-9,19H,10H2,1H3,(H,21,22)/b20-9+. The average Bonchev–Trinajstić information content (AvgIpc) is 2.51. The lowest BCUT2D eigenvalue weighted by atomic mass is 10.2. The zero-order valence-electron chi connectivity index (χ0n) is 11.9. The van der Waals surface area contributed by atoms with Crippen molar-refractivity contribution in [1.82, 2.24) is 5.43 Å². The highest BCUT2D eigenvalue weighted by molar-refractivity contribution is 6.43. The summed E-state index contributed by atoms with van der Waals surface area (Å²) in [6.07, 6.45) is 1.46. The van der Waals surface area contributed by atoms with Crippen LogP contribution in [0.3, 0.4) is 0 Å². The van der Waals surface area contributed by atoms with Gasteiger partial charge in [0, 0.05) is 11.3 Å². The van der Waals surface area contributed by atoms with E-state index < -0.39 is 0 Å². The molecule has 2 aromatic rings. The zero-order valence-corrected chi connectivity index (χ0v) is 13.4. The fourth-order valence-corrected chi connectivity index (χ4v) is 2.04. The second-order valence-electron chi connectivity index (χ2n) is 4.66. The molecule has 0 spiro atoms. The maximum atomic E-state index is 11.7. The Morgan fingerprint density at radius 1 is 1.18 bits per heavy atom. The summed E-state index contributed by atoms with van der Waals surface area (Å²) in [5.41, 5.74) is 5.11. The van der Waals surface area contributed by atoms with Crippen LogP contribution in [0.1, 0.15) is 11.1 Å². The molecule has 0 bridgehead atoms. The summed E-state index contributed by atoms with van der Waals surface area (Å²) < 4.78 is 0. The third-order valence-electron chi connectivity index (χ3n) is 2.88. The normalized spacial score (nSPS) is 10.7. The van der Waals surface area contributed by atoms with Crippen molar-refractivity contribution >= 4 is 41.0 Å². The highest BCUT2D eigenvalue weighted by Gasteiger charge is 2.02. The number of aryl methyl sites for hydroxylation is 1. The summed E-state index contributed by atoms with van der Waals surface area (Å²) in [7, 11) is 0. The van der Waals surface area contributed by atoms with Crippen LogP contribution in [0, 0.1) is 6.92 Å². The Bertz CT molecular complexity index is 684. The fourth-order valence-electron chi connectivity index (χ4n) is 1.69. The van der Waals surface area contributed by atoms with Crippen LogP contribution in [0.15, 0.2) is 47.6 Å². The van der Waals surface area contributed by atoms with Gasteiger partial charge in [-0.15, -0.1) is 0 Å². The summed E-state index contributed by atoms with van der Waals surface area (Å²) in [6.45, 7) is 2.13. The largest absolute Gasteiger partial charge is 0.376 e. The van der Waals surface area contributed by atoms with Crippen molar-refractivity contribution in [2.24, 2.45) is 5.10 Å². The molecule has 22 heavy (non-hydrogen) atoms. The molecular formula is C16H15Cl2N3O. The first kappa shape index (κ1) is 16.3. The van der Waals surface area contributed by atoms with Gasteiger partial charge in [0.1, 0.15) is 0 Å². The second-order valence-corrected chi connectivity index (χ2v) is 5.44. The molecule has 0 aliphatic carbocycles. The number of benzene rings is 2. The monoisotopic (exact) mass is 335 g/mol. The van der Waals surface area contributed by atoms with Crippen LogP contribution in [0.5, 0.6) is 0 Å². The zero-order chi connectivity index (χ0) is 15.9. The maximum Gasteiger partial charge on any atom is 0.259 e. The van der Waals surface area contributed by atoms with Gasteiger partial charge in [0.15, 0.2) is 0 Å². The molecule has 0 aliphatic heterocycles. The molecule has 0 atom stereocenters. The molecule has 1 amide bonds. The third kappa shape index (κ3) is 4.76. The minimum Gasteiger partial charge on any atom is -0.376 e. The smallest absolute Gasteiger partial charge is 0.259 e. The van der Waals surface area contributed by atoms with Crippen molar-refractivity contribution < 1.29 is 4.79 Å². The van der Waals surface area contributed by atoms with Crippen LogP contribution >= 0.6 is 23.2 Å². The van der Waals surface area contributed by atoms with E-state index in [9.17, 15) is 4.79 Å². The van der Waals surface area contributed by atoms with Crippen LogP contribution in [0.2, 0.25) is 10.0 Å². The summed E-state index contributed by atoms with van der Waals surface area (Å²) >= 11 is 11.9. The van der Waals surface area contributed by atoms with E-state index in [0.717, 1.165) is 11.3 Å². The minimum atomic E-state index is -0.255. The Hall–Kier alpha value is -2.04. The summed E-state index contributed by atoms with van der Waals surface area (Å²) in [5.74, 6) is -0.255. The van der Waals surface area contributed by atoms with Crippen LogP contribution in [0.4, 0.5) is 5.69 Å². The number of hydrazone groups is 1. The Kier molecular flexibility index (Phi) is 5.81. The molecule has 4 nitrogen and oxygen atoms in total. The highest BCUT2D eigenvalue weighted by atomic mass is 35.5. The molecule has 0 radical (unpaired) electrons. The molecule has 0 saturated carbocycles. The quantitative estimate of drug-likeness (QED) is 0.643. The number of hydrogen-bond acceptors (Lipinski definition) is 3. The van der Waals surface area contributed by atoms with Gasteiger partial charge >= 0.3 is 0 Å². The lowest BCUT2D eigenvalue weighted by molar-refractivity contribution is -0.119. The van der Waals surface area contributed by atoms with Gasteiger partial charge < -0.3 is 5.32 Å². The van der Waals surface area contributed by atoms with E-state index in [1.807, 2.05) is 31.2 Å². The molecule has 6 heteroatoms. The van der Waals surface area contributed by atoms with E-state index in [4.69, 9.17) is 23.2 Å². The van der Waals surface area contributed by atoms with Gasteiger partial charge in [0.2, 0.25) is 0 Å². The van der Waals surface area contributed by atoms with Gasteiger partial charge in [0.05, 0.1) is 22.8 Å². The molecule has 0 heterocycles. The van der Waals surface area contributed by atoms with E-state index in [0.29, 0.717) is 15.6 Å². The first-order chi connectivity index (χ1) is 10.6. The van der Waals surface area contributed by atoms with Crippen molar-refractivity contribution in [1.29, 1.82) is 0 Å². The molecule has 2 aromatic carbocycles. The van der Waals surface area contributed by atoms with E-state index >= 15 is 0 Å². The van der Waals surface area contributed by atoms with Crippen LogP contribution < -0.4 is 10.7 Å². The first-order valence-corrected chi connectivity index (χ1v) is 7.38. The van der Waals surface area contributed by atoms with Gasteiger partial charge in [-0.3, -0.25) is 4.79 Å². The number of halogens is 2. The molecule has 0 fully saturated rings. The van der Waals surface area contributed by atoms with Crippen molar-refractivity contribution in [3.63, 3.8) is 0 Å². The number of rotatable bonds is 5. The predicted octanol–water partition coefficient (Wildman–Crippen LogP) is 3.86. The van der Waals surface area contributed by atoms with E-state index in [1.54, 1.807) is 18.2 Å². The summed E-state index contributed by atoms with van der Waals surface area (Å²) in [5, 5.41) is 7.72. The van der Waals surface area contributed by atoms with Crippen LogP contribution in [0.25, 0.3) is 0 Å². The fraction of sp³-hybridized carbons (Fsp3) is 0.125. The number of nitrogens with zero attached hydrogens (tertiary/aromatic N) is 1. The lowest BCUT2D eigenvalue weighted by Gasteiger charge is -2.05. The highest BCUT2D eigenvalue weighted by Crippen LogP contribution is 2.24. The Balaban J connectivity index is 1.83. The van der Waals surface area contributed by atoms with Crippen LogP contribution in [-0.4, -0.2) is 18.7 Å². The molecular weight excluding hydrogens is 321 g/mol. The minimum absolute atomic E-state index is 0.129. The SMILES string of the molecule is Cc1ccc(NCC(=O)N/N=C/c2cccc(Cl)c2Cl)cc1. The Morgan fingerprint density at radius 2 is 1.91 bits per heavy atom. The van der Waals surface area contributed by atoms with Gasteiger partial charge in [-0.25, -0.2) is 5.43 Å². The van der Waals surface area contributed by atoms with Gasteiger partial charge in [-0.1, -0.05) is 53.0 Å². The second kappa shape index (κ2) is 7.82. The van der Waals surface area contributed by atoms with Crippen molar-refractivity contribution in [2.75, 3.05) is 11.9 Å². The molecule has 2 rings (SSSR count). The lowest BCUT2D eigenvalue weighted by Crippen LogP contribution is -2.25. The molecule has 0 aromatic heterocycles. The number of amides is 1. The number of nitrogens with one attached hydrogen (secondary N) is 2. The topological polar surface area (TPSA) is 53.5 Å². The molecule has 2 N–H and O–H groups in total. The first-order valence-electron chi connectivity index (χ1n) is 6.63. The molecule has 0 aliphatic rings. The van der Waals surface area contributed by atoms with Gasteiger partial charge in [0.25, 0.3) is 5.91 Å². The number of anilines is 1. The number of carbonyl (C=O) groups is 1. The number of carbonyl (C=O) groups excluding carboxylic acids is 1. The summed E-state index contributed by atoms with van der Waals surface area (Å²) in [6, 6.07) is 13.0. The predicted molar refractivity (Wildman–Crippen MR) is 91.9 cm³/mol. The van der Waals surface area contributed by atoms with Crippen molar-refractivity contribution in [2.45, 2.75) is 6.92 Å². The van der Waals surface area contributed by atoms with Gasteiger partial charge in [-0.2, -0.15) is 5.10 Å². The van der Waals surface area contributed by atoms with E-state index in [1.165, 1.54) is 6.21 Å². The number of hydrogen-bond donors (Lipinski definition) is 2. The summed E-state index contributed by atoms with van der Waals surface area (Å²) in [4.78, 5) is 11.7. The van der Waals surface area contributed by atoms with E-state index in [-0.39, 0.29) is 12.5 Å². The average molecular weight is 336 g/mol. The maximum absolute atomic E-state index is 11.7. The van der Waals surface area contributed by atoms with Crippen LogP contribution in [-0.2, 0) is 4.79 Å². The Labute approximate surface area is 139 Å². The van der Waals surface area contributed by atoms with Gasteiger partial charge in [-0.05, 0) is 25.1 Å². The Morgan fingerprint density at radius 3 is 2.64 bits per heavy atom. The van der Waals surface area contributed by atoms with Crippen molar-refractivity contribution in [3.8, 4) is 0 Å².